The number of hydrogen-bond donors (Lipinski definition) is 1. The molecule has 1 N–H and O–H groups in total. The van der Waals surface area contributed by atoms with Crippen molar-refractivity contribution in [1.82, 2.24) is 9.47 Å². The van der Waals surface area contributed by atoms with Crippen LogP contribution >= 0.6 is 0 Å². The second-order valence-corrected chi connectivity index (χ2v) is 6.73. The Morgan fingerprint density at radius 1 is 1.12 bits per heavy atom. The Labute approximate surface area is 146 Å². The Balaban J connectivity index is 1.54. The standard InChI is InChI=1S/C19H21N3O3/c1-25-17-7-3-2-5-15(17)20-19(24)21-10-13-9-14(12-21)16-6-4-8-18(23)22(16)11-13/h2-8,13-14H,9-12H2,1H3,(H,20,24)/t13-,14-/m0/s1. The number of piperidine rings is 1. The minimum Gasteiger partial charge on any atom is -0.495 e. The van der Waals surface area contributed by atoms with E-state index in [1.807, 2.05) is 45.9 Å². The summed E-state index contributed by atoms with van der Waals surface area (Å²) in [5, 5.41) is 2.95. The van der Waals surface area contributed by atoms with Crippen LogP contribution in [-0.4, -0.2) is 35.7 Å². The maximum Gasteiger partial charge on any atom is 0.321 e. The first-order chi connectivity index (χ1) is 12.2. The summed E-state index contributed by atoms with van der Waals surface area (Å²) in [4.78, 5) is 26.7. The van der Waals surface area contributed by atoms with E-state index in [1.165, 1.54) is 0 Å². The van der Waals surface area contributed by atoms with E-state index < -0.39 is 0 Å². The van der Waals surface area contributed by atoms with E-state index in [0.717, 1.165) is 12.1 Å². The van der Waals surface area contributed by atoms with Crippen LogP contribution in [0.3, 0.4) is 0 Å². The number of hydrogen-bond acceptors (Lipinski definition) is 3. The van der Waals surface area contributed by atoms with Crippen LogP contribution in [0, 0.1) is 5.92 Å². The molecule has 1 saturated heterocycles. The summed E-state index contributed by atoms with van der Waals surface area (Å²) in [6.45, 7) is 1.98. The predicted molar refractivity (Wildman–Crippen MR) is 95.1 cm³/mol. The maximum atomic E-state index is 12.7. The van der Waals surface area contributed by atoms with Gasteiger partial charge in [0, 0.05) is 37.3 Å². The van der Waals surface area contributed by atoms with Crippen molar-refractivity contribution in [3.8, 4) is 5.75 Å². The molecule has 2 atom stereocenters. The molecule has 3 heterocycles. The number of aromatic nitrogens is 1. The third kappa shape index (κ3) is 2.88. The topological polar surface area (TPSA) is 63.6 Å². The minimum absolute atomic E-state index is 0.0547. The van der Waals surface area contributed by atoms with Crippen molar-refractivity contribution in [1.29, 1.82) is 0 Å². The van der Waals surface area contributed by atoms with Crippen LogP contribution < -0.4 is 15.6 Å². The lowest BCUT2D eigenvalue weighted by Crippen LogP contribution is -2.50. The van der Waals surface area contributed by atoms with Gasteiger partial charge in [0.05, 0.1) is 12.8 Å². The number of para-hydroxylation sites is 2. The zero-order chi connectivity index (χ0) is 17.4. The summed E-state index contributed by atoms with van der Waals surface area (Å²) in [6.07, 6.45) is 1.03. The number of likely N-dealkylation sites (tertiary alicyclic amines) is 1. The molecule has 2 amide bonds. The number of fused-ring (bicyclic) bond motifs is 4. The third-order valence-corrected chi connectivity index (χ3v) is 5.12. The molecule has 1 aromatic carbocycles. The second kappa shape index (κ2) is 6.27. The molecule has 4 rings (SSSR count). The molecule has 0 aliphatic carbocycles. The molecule has 0 spiro atoms. The molecular formula is C19H21N3O3. The van der Waals surface area contributed by atoms with E-state index >= 15 is 0 Å². The molecule has 0 unspecified atom stereocenters. The van der Waals surface area contributed by atoms with Crippen molar-refractivity contribution >= 4 is 11.7 Å². The number of carbonyl (C=O) groups excluding carboxylic acids is 1. The molecule has 1 aromatic heterocycles. The van der Waals surface area contributed by atoms with Gasteiger partial charge in [-0.05, 0) is 30.5 Å². The third-order valence-electron chi connectivity index (χ3n) is 5.12. The normalized spacial score (nSPS) is 21.4. The number of methoxy groups -OCH3 is 1. The van der Waals surface area contributed by atoms with Crippen LogP contribution in [0.4, 0.5) is 10.5 Å². The zero-order valence-electron chi connectivity index (χ0n) is 14.1. The van der Waals surface area contributed by atoms with Gasteiger partial charge in [-0.2, -0.15) is 0 Å². The second-order valence-electron chi connectivity index (χ2n) is 6.73. The molecule has 6 heteroatoms. The Morgan fingerprint density at radius 3 is 2.80 bits per heavy atom. The van der Waals surface area contributed by atoms with Crippen molar-refractivity contribution in [3.63, 3.8) is 0 Å². The highest BCUT2D eigenvalue weighted by Gasteiger charge is 2.36. The van der Waals surface area contributed by atoms with Gasteiger partial charge in [-0.15, -0.1) is 0 Å². The average Bonchev–Trinajstić information content (AvgIpc) is 2.63. The summed E-state index contributed by atoms with van der Waals surface area (Å²) in [5.41, 5.74) is 1.76. The van der Waals surface area contributed by atoms with Crippen LogP contribution in [0.2, 0.25) is 0 Å². The lowest BCUT2D eigenvalue weighted by Gasteiger charge is -2.42. The van der Waals surface area contributed by atoms with Crippen molar-refractivity contribution in [2.24, 2.45) is 5.92 Å². The van der Waals surface area contributed by atoms with Gasteiger partial charge in [-0.1, -0.05) is 18.2 Å². The van der Waals surface area contributed by atoms with Crippen molar-refractivity contribution in [3.05, 3.63) is 58.5 Å². The van der Waals surface area contributed by atoms with E-state index in [9.17, 15) is 9.59 Å². The van der Waals surface area contributed by atoms with Crippen LogP contribution in [-0.2, 0) is 6.54 Å². The van der Waals surface area contributed by atoms with E-state index in [0.29, 0.717) is 37.0 Å². The number of carbonyl (C=O) groups is 1. The number of nitrogens with one attached hydrogen (secondary N) is 1. The Hall–Kier alpha value is -2.76. The molecule has 2 aromatic rings. The van der Waals surface area contributed by atoms with Crippen LogP contribution in [0.5, 0.6) is 5.75 Å². The van der Waals surface area contributed by atoms with Crippen LogP contribution in [0.25, 0.3) is 0 Å². The van der Waals surface area contributed by atoms with Crippen molar-refractivity contribution in [2.75, 3.05) is 25.5 Å². The Morgan fingerprint density at radius 2 is 1.96 bits per heavy atom. The SMILES string of the molecule is COc1ccccc1NC(=O)N1C[C@@H]2C[C@@H](C1)c1cccc(=O)n1C2. The summed E-state index contributed by atoms with van der Waals surface area (Å²) >= 11 is 0. The fourth-order valence-corrected chi connectivity index (χ4v) is 4.00. The zero-order valence-corrected chi connectivity index (χ0v) is 14.1. The van der Waals surface area contributed by atoms with Crippen molar-refractivity contribution < 1.29 is 9.53 Å². The van der Waals surface area contributed by atoms with Gasteiger partial charge >= 0.3 is 6.03 Å². The number of anilines is 1. The molecule has 25 heavy (non-hydrogen) atoms. The summed E-state index contributed by atoms with van der Waals surface area (Å²) < 4.78 is 7.17. The predicted octanol–water partition coefficient (Wildman–Crippen LogP) is 2.51. The van der Waals surface area contributed by atoms with Gasteiger partial charge in [-0.3, -0.25) is 4.79 Å². The molecule has 6 nitrogen and oxygen atoms in total. The number of nitrogens with zero attached hydrogens (tertiary/aromatic N) is 2. The number of rotatable bonds is 2. The lowest BCUT2D eigenvalue weighted by molar-refractivity contribution is 0.139. The monoisotopic (exact) mass is 339 g/mol. The number of urea groups is 1. The van der Waals surface area contributed by atoms with Gasteiger partial charge in [0.15, 0.2) is 0 Å². The van der Waals surface area contributed by atoms with Gasteiger partial charge in [-0.25, -0.2) is 4.79 Å². The van der Waals surface area contributed by atoms with Gasteiger partial charge in [0.2, 0.25) is 0 Å². The highest BCUT2D eigenvalue weighted by atomic mass is 16.5. The number of ether oxygens (including phenoxy) is 1. The average molecular weight is 339 g/mol. The Bertz CT molecular complexity index is 861. The van der Waals surface area contributed by atoms with Crippen molar-refractivity contribution in [2.45, 2.75) is 18.9 Å². The number of benzene rings is 1. The first kappa shape index (κ1) is 15.7. The molecular weight excluding hydrogens is 318 g/mol. The Kier molecular flexibility index (Phi) is 3.95. The molecule has 2 aliphatic rings. The number of pyridine rings is 1. The van der Waals surface area contributed by atoms with Gasteiger partial charge in [0.1, 0.15) is 5.75 Å². The maximum absolute atomic E-state index is 12.7. The smallest absolute Gasteiger partial charge is 0.321 e. The van der Waals surface area contributed by atoms with Gasteiger partial charge < -0.3 is 19.5 Å². The summed E-state index contributed by atoms with van der Waals surface area (Å²) in [6, 6.07) is 12.7. The molecule has 1 fully saturated rings. The molecule has 2 aliphatic heterocycles. The van der Waals surface area contributed by atoms with E-state index in [-0.39, 0.29) is 17.5 Å². The molecule has 2 bridgehead atoms. The van der Waals surface area contributed by atoms with E-state index in [1.54, 1.807) is 13.2 Å². The highest BCUT2D eigenvalue weighted by Crippen LogP contribution is 2.35. The molecule has 0 radical (unpaired) electrons. The van der Waals surface area contributed by atoms with E-state index in [2.05, 4.69) is 5.32 Å². The quantitative estimate of drug-likeness (QED) is 0.914. The van der Waals surface area contributed by atoms with Gasteiger partial charge in [0.25, 0.3) is 5.56 Å². The fourth-order valence-electron chi connectivity index (χ4n) is 4.00. The lowest BCUT2D eigenvalue weighted by atomic mass is 9.83. The van der Waals surface area contributed by atoms with E-state index in [4.69, 9.17) is 4.74 Å². The van der Waals surface area contributed by atoms with Crippen LogP contribution in [0.1, 0.15) is 18.0 Å². The van der Waals surface area contributed by atoms with Crippen LogP contribution in [0.15, 0.2) is 47.3 Å². The fraction of sp³-hybridized carbons (Fsp3) is 0.368. The first-order valence-electron chi connectivity index (χ1n) is 8.54. The summed E-state index contributed by atoms with van der Waals surface area (Å²) in [5.74, 6) is 1.17. The number of amides is 2. The first-order valence-corrected chi connectivity index (χ1v) is 8.54. The molecule has 130 valence electrons. The summed E-state index contributed by atoms with van der Waals surface area (Å²) in [7, 11) is 1.59. The minimum atomic E-state index is -0.120. The highest BCUT2D eigenvalue weighted by molar-refractivity contribution is 5.91. The molecule has 0 saturated carbocycles. The largest absolute Gasteiger partial charge is 0.495 e.